The Balaban J connectivity index is 2.35. The van der Waals surface area contributed by atoms with Crippen LogP contribution in [0.1, 0.15) is 5.56 Å². The average molecular weight is 281 g/mol. The van der Waals surface area contributed by atoms with Gasteiger partial charge in [0.05, 0.1) is 5.02 Å². The highest BCUT2D eigenvalue weighted by atomic mass is 35.5. The Kier molecular flexibility index (Phi) is 3.84. The highest BCUT2D eigenvalue weighted by Crippen LogP contribution is 2.32. The monoisotopic (exact) mass is 280 g/mol. The van der Waals surface area contributed by atoms with Crippen molar-refractivity contribution in [2.24, 2.45) is 10.2 Å². The lowest BCUT2D eigenvalue weighted by molar-refractivity contribution is 0.476. The molecule has 0 saturated carbocycles. The second kappa shape index (κ2) is 5.38. The lowest BCUT2D eigenvalue weighted by Crippen LogP contribution is -1.73. The molecule has 2 aromatic rings. The van der Waals surface area contributed by atoms with E-state index in [9.17, 15) is 5.11 Å². The zero-order valence-electron chi connectivity index (χ0n) is 9.56. The number of hydrogen-bond donors (Lipinski definition) is 1. The van der Waals surface area contributed by atoms with Crippen molar-refractivity contribution < 1.29 is 5.11 Å². The van der Waals surface area contributed by atoms with Gasteiger partial charge in [0.15, 0.2) is 0 Å². The molecule has 0 atom stereocenters. The lowest BCUT2D eigenvalue weighted by Gasteiger charge is -2.00. The number of aryl methyl sites for hydroxylation is 1. The first kappa shape index (κ1) is 12.9. The van der Waals surface area contributed by atoms with Crippen LogP contribution in [0.25, 0.3) is 0 Å². The number of benzene rings is 2. The van der Waals surface area contributed by atoms with Crippen LogP contribution in [0, 0.1) is 6.92 Å². The summed E-state index contributed by atoms with van der Waals surface area (Å²) in [7, 11) is 0. The maximum atomic E-state index is 9.62. The minimum Gasteiger partial charge on any atom is -0.506 e. The van der Waals surface area contributed by atoms with Gasteiger partial charge in [-0.15, -0.1) is 10.2 Å². The van der Waals surface area contributed by atoms with Gasteiger partial charge in [0.1, 0.15) is 17.1 Å². The van der Waals surface area contributed by atoms with Crippen molar-refractivity contribution >= 4 is 34.6 Å². The number of phenols is 1. The van der Waals surface area contributed by atoms with E-state index in [1.54, 1.807) is 36.4 Å². The SMILES string of the molecule is Cc1ccc(O)c(N=Nc2cc(Cl)ccc2Cl)c1. The summed E-state index contributed by atoms with van der Waals surface area (Å²) >= 11 is 11.8. The molecule has 0 unspecified atom stereocenters. The van der Waals surface area contributed by atoms with Crippen LogP contribution in [0.4, 0.5) is 11.4 Å². The smallest absolute Gasteiger partial charge is 0.143 e. The molecule has 3 nitrogen and oxygen atoms in total. The molecule has 1 N–H and O–H groups in total. The molecule has 0 spiro atoms. The number of nitrogens with zero attached hydrogens (tertiary/aromatic N) is 2. The van der Waals surface area contributed by atoms with Gasteiger partial charge in [0.2, 0.25) is 0 Å². The summed E-state index contributed by atoms with van der Waals surface area (Å²) in [6.45, 7) is 1.91. The third-order valence-electron chi connectivity index (χ3n) is 2.30. The van der Waals surface area contributed by atoms with Gasteiger partial charge in [-0.3, -0.25) is 0 Å². The summed E-state index contributed by atoms with van der Waals surface area (Å²) in [4.78, 5) is 0. The van der Waals surface area contributed by atoms with Crippen molar-refractivity contribution in [3.63, 3.8) is 0 Å². The second-order valence-electron chi connectivity index (χ2n) is 3.79. The molecule has 0 radical (unpaired) electrons. The maximum Gasteiger partial charge on any atom is 0.143 e. The van der Waals surface area contributed by atoms with E-state index >= 15 is 0 Å². The van der Waals surface area contributed by atoms with E-state index in [-0.39, 0.29) is 5.75 Å². The van der Waals surface area contributed by atoms with Gasteiger partial charge >= 0.3 is 0 Å². The Morgan fingerprint density at radius 1 is 0.944 bits per heavy atom. The Morgan fingerprint density at radius 3 is 2.44 bits per heavy atom. The minimum atomic E-state index is 0.0718. The minimum absolute atomic E-state index is 0.0718. The molecule has 18 heavy (non-hydrogen) atoms. The number of phenolic OH excluding ortho intramolecular Hbond substituents is 1. The van der Waals surface area contributed by atoms with E-state index in [1.165, 1.54) is 0 Å². The number of aromatic hydroxyl groups is 1. The average Bonchev–Trinajstić information content (AvgIpc) is 2.34. The summed E-state index contributed by atoms with van der Waals surface area (Å²) in [5.74, 6) is 0.0718. The molecular formula is C13H10Cl2N2O. The van der Waals surface area contributed by atoms with Crippen LogP contribution in [0.3, 0.4) is 0 Å². The first-order valence-corrected chi connectivity index (χ1v) is 5.98. The Morgan fingerprint density at radius 2 is 1.67 bits per heavy atom. The van der Waals surface area contributed by atoms with Crippen LogP contribution in [-0.2, 0) is 0 Å². The predicted octanol–water partition coefficient (Wildman–Crippen LogP) is 5.42. The van der Waals surface area contributed by atoms with E-state index in [4.69, 9.17) is 23.2 Å². The van der Waals surface area contributed by atoms with E-state index in [0.717, 1.165) is 5.56 Å². The third kappa shape index (κ3) is 3.00. The second-order valence-corrected chi connectivity index (χ2v) is 4.63. The molecule has 2 aromatic carbocycles. The molecule has 0 aromatic heterocycles. The number of azo groups is 1. The van der Waals surface area contributed by atoms with Crippen molar-refractivity contribution in [1.82, 2.24) is 0 Å². The van der Waals surface area contributed by atoms with Gasteiger partial charge in [0.25, 0.3) is 0 Å². The van der Waals surface area contributed by atoms with Gasteiger partial charge in [0, 0.05) is 5.02 Å². The Labute approximate surface area is 115 Å². The standard InChI is InChI=1S/C13H10Cl2N2O/c1-8-2-5-13(18)12(6-8)17-16-11-7-9(14)3-4-10(11)15/h2-7,18H,1H3. The Bertz CT molecular complexity index is 558. The highest BCUT2D eigenvalue weighted by molar-refractivity contribution is 6.35. The van der Waals surface area contributed by atoms with Gasteiger partial charge < -0.3 is 5.11 Å². The van der Waals surface area contributed by atoms with Crippen molar-refractivity contribution in [3.05, 3.63) is 52.0 Å². The Hall–Kier alpha value is -1.58. The summed E-state index contributed by atoms with van der Waals surface area (Å²) in [5.41, 5.74) is 1.84. The van der Waals surface area contributed by atoms with Crippen LogP contribution in [0.5, 0.6) is 5.75 Å². The quantitative estimate of drug-likeness (QED) is 0.733. The molecule has 92 valence electrons. The summed E-state index contributed by atoms with van der Waals surface area (Å²) < 4.78 is 0. The van der Waals surface area contributed by atoms with Gasteiger partial charge in [-0.25, -0.2) is 0 Å². The first-order chi connectivity index (χ1) is 8.56. The van der Waals surface area contributed by atoms with E-state index in [1.807, 2.05) is 6.92 Å². The predicted molar refractivity (Wildman–Crippen MR) is 73.5 cm³/mol. The summed E-state index contributed by atoms with van der Waals surface area (Å²) in [6, 6.07) is 10.0. The number of rotatable bonds is 2. The molecule has 0 aliphatic carbocycles. The van der Waals surface area contributed by atoms with Crippen molar-refractivity contribution in [2.45, 2.75) is 6.92 Å². The normalized spacial score (nSPS) is 11.1. The molecular weight excluding hydrogens is 271 g/mol. The topological polar surface area (TPSA) is 45.0 Å². The van der Waals surface area contributed by atoms with Crippen molar-refractivity contribution in [3.8, 4) is 5.75 Å². The molecule has 0 fully saturated rings. The fourth-order valence-electron chi connectivity index (χ4n) is 1.38. The van der Waals surface area contributed by atoms with Crippen molar-refractivity contribution in [2.75, 3.05) is 0 Å². The molecule has 0 aliphatic rings. The van der Waals surface area contributed by atoms with E-state index in [2.05, 4.69) is 10.2 Å². The number of hydrogen-bond acceptors (Lipinski definition) is 3. The van der Waals surface area contributed by atoms with Gasteiger partial charge in [-0.1, -0.05) is 29.3 Å². The van der Waals surface area contributed by atoms with Crippen LogP contribution in [-0.4, -0.2) is 5.11 Å². The molecule has 0 bridgehead atoms. The first-order valence-electron chi connectivity index (χ1n) is 5.22. The molecule has 0 aliphatic heterocycles. The fraction of sp³-hybridized carbons (Fsp3) is 0.0769. The van der Waals surface area contributed by atoms with Crippen LogP contribution in [0.15, 0.2) is 46.6 Å². The van der Waals surface area contributed by atoms with E-state index in [0.29, 0.717) is 21.4 Å². The van der Waals surface area contributed by atoms with Crippen LogP contribution in [0.2, 0.25) is 10.0 Å². The zero-order valence-corrected chi connectivity index (χ0v) is 11.1. The fourth-order valence-corrected chi connectivity index (χ4v) is 1.71. The van der Waals surface area contributed by atoms with Crippen LogP contribution >= 0.6 is 23.2 Å². The largest absolute Gasteiger partial charge is 0.506 e. The van der Waals surface area contributed by atoms with E-state index < -0.39 is 0 Å². The molecule has 0 saturated heterocycles. The molecule has 5 heteroatoms. The summed E-state index contributed by atoms with van der Waals surface area (Å²) in [6.07, 6.45) is 0. The highest BCUT2D eigenvalue weighted by Gasteiger charge is 2.02. The van der Waals surface area contributed by atoms with Gasteiger partial charge in [-0.05, 0) is 42.8 Å². The van der Waals surface area contributed by atoms with Gasteiger partial charge in [-0.2, -0.15) is 0 Å². The molecule has 2 rings (SSSR count). The number of halogens is 2. The third-order valence-corrected chi connectivity index (χ3v) is 2.86. The molecule has 0 heterocycles. The summed E-state index contributed by atoms with van der Waals surface area (Å²) in [5, 5.41) is 18.6. The lowest BCUT2D eigenvalue weighted by atomic mass is 10.2. The van der Waals surface area contributed by atoms with Crippen molar-refractivity contribution in [1.29, 1.82) is 0 Å². The zero-order chi connectivity index (χ0) is 13.1. The molecule has 0 amide bonds. The van der Waals surface area contributed by atoms with Crippen LogP contribution < -0.4 is 0 Å². The maximum absolute atomic E-state index is 9.62.